The molecule has 0 aliphatic heterocycles. The van der Waals surface area contributed by atoms with Gasteiger partial charge in [-0.25, -0.2) is 9.97 Å². The van der Waals surface area contributed by atoms with E-state index >= 15 is 0 Å². The van der Waals surface area contributed by atoms with Gasteiger partial charge in [0, 0.05) is 11.3 Å². The van der Waals surface area contributed by atoms with Crippen molar-refractivity contribution in [2.75, 3.05) is 14.2 Å². The molecular formula is C13H13ClN2O2. The Morgan fingerprint density at radius 1 is 1.00 bits per heavy atom. The standard InChI is InChI=1S/C13H13ClN2O2/c1-8-6-12(14)16-13(15-8)9-4-5-10(17-2)11(7-9)18-3/h4-7H,1-3H3. The Balaban J connectivity index is 2.50. The highest BCUT2D eigenvalue weighted by Gasteiger charge is 2.09. The van der Waals surface area contributed by atoms with Gasteiger partial charge in [0.1, 0.15) is 5.15 Å². The molecule has 0 aliphatic carbocycles. The van der Waals surface area contributed by atoms with Crippen LogP contribution in [0.3, 0.4) is 0 Å². The first-order valence-corrected chi connectivity index (χ1v) is 5.75. The minimum Gasteiger partial charge on any atom is -0.493 e. The van der Waals surface area contributed by atoms with E-state index in [1.165, 1.54) is 0 Å². The molecule has 0 radical (unpaired) electrons. The predicted molar refractivity (Wildman–Crippen MR) is 70.3 cm³/mol. The monoisotopic (exact) mass is 264 g/mol. The van der Waals surface area contributed by atoms with Gasteiger partial charge >= 0.3 is 0 Å². The maximum absolute atomic E-state index is 5.93. The van der Waals surface area contributed by atoms with Crippen molar-refractivity contribution >= 4 is 11.6 Å². The lowest BCUT2D eigenvalue weighted by Crippen LogP contribution is -1.95. The second-order valence-corrected chi connectivity index (χ2v) is 4.11. The highest BCUT2D eigenvalue weighted by atomic mass is 35.5. The Bertz CT molecular complexity index is 553. The van der Waals surface area contributed by atoms with E-state index in [2.05, 4.69) is 9.97 Å². The molecule has 0 fully saturated rings. The second-order valence-electron chi connectivity index (χ2n) is 3.73. The summed E-state index contributed by atoms with van der Waals surface area (Å²) in [4.78, 5) is 8.54. The van der Waals surface area contributed by atoms with E-state index < -0.39 is 0 Å². The summed E-state index contributed by atoms with van der Waals surface area (Å²) in [5.41, 5.74) is 1.65. The topological polar surface area (TPSA) is 44.2 Å². The fraction of sp³-hybridized carbons (Fsp3) is 0.231. The SMILES string of the molecule is COc1ccc(-c2nc(C)cc(Cl)n2)cc1OC. The van der Waals surface area contributed by atoms with E-state index in [0.717, 1.165) is 11.3 Å². The summed E-state index contributed by atoms with van der Waals surface area (Å²) < 4.78 is 10.4. The number of methoxy groups -OCH3 is 2. The van der Waals surface area contributed by atoms with Crippen LogP contribution < -0.4 is 9.47 Å². The fourth-order valence-electron chi connectivity index (χ4n) is 1.63. The van der Waals surface area contributed by atoms with Gasteiger partial charge in [0.2, 0.25) is 0 Å². The van der Waals surface area contributed by atoms with Crippen molar-refractivity contribution in [1.82, 2.24) is 9.97 Å². The van der Waals surface area contributed by atoms with Crippen molar-refractivity contribution in [3.63, 3.8) is 0 Å². The van der Waals surface area contributed by atoms with Crippen molar-refractivity contribution in [2.24, 2.45) is 0 Å². The van der Waals surface area contributed by atoms with Gasteiger partial charge in [0.05, 0.1) is 14.2 Å². The average Bonchev–Trinajstić information content (AvgIpc) is 2.36. The molecule has 0 spiro atoms. The smallest absolute Gasteiger partial charge is 0.161 e. The molecule has 4 nitrogen and oxygen atoms in total. The zero-order valence-electron chi connectivity index (χ0n) is 10.4. The van der Waals surface area contributed by atoms with E-state index in [0.29, 0.717) is 22.5 Å². The molecule has 0 unspecified atom stereocenters. The summed E-state index contributed by atoms with van der Waals surface area (Å²) in [7, 11) is 3.18. The lowest BCUT2D eigenvalue weighted by atomic mass is 10.2. The lowest BCUT2D eigenvalue weighted by molar-refractivity contribution is 0.355. The summed E-state index contributed by atoms with van der Waals surface area (Å²) in [5, 5.41) is 0.423. The van der Waals surface area contributed by atoms with Crippen molar-refractivity contribution in [2.45, 2.75) is 6.92 Å². The maximum Gasteiger partial charge on any atom is 0.161 e. The molecular weight excluding hydrogens is 252 g/mol. The van der Waals surface area contributed by atoms with E-state index in [4.69, 9.17) is 21.1 Å². The largest absolute Gasteiger partial charge is 0.493 e. The van der Waals surface area contributed by atoms with Crippen LogP contribution in [0, 0.1) is 6.92 Å². The van der Waals surface area contributed by atoms with Gasteiger partial charge in [-0.05, 0) is 31.2 Å². The first-order valence-electron chi connectivity index (χ1n) is 5.37. The Morgan fingerprint density at radius 2 is 1.72 bits per heavy atom. The Morgan fingerprint density at radius 3 is 2.33 bits per heavy atom. The van der Waals surface area contributed by atoms with Crippen LogP contribution >= 0.6 is 11.6 Å². The highest BCUT2D eigenvalue weighted by molar-refractivity contribution is 6.29. The molecule has 0 saturated carbocycles. The third-order valence-electron chi connectivity index (χ3n) is 2.46. The highest BCUT2D eigenvalue weighted by Crippen LogP contribution is 2.31. The first-order chi connectivity index (χ1) is 8.63. The number of aryl methyl sites for hydroxylation is 1. The molecule has 0 N–H and O–H groups in total. The quantitative estimate of drug-likeness (QED) is 0.799. The Hall–Kier alpha value is -1.81. The number of aromatic nitrogens is 2. The molecule has 2 aromatic rings. The Labute approximate surface area is 111 Å². The van der Waals surface area contributed by atoms with Crippen molar-refractivity contribution in [3.05, 3.63) is 35.1 Å². The van der Waals surface area contributed by atoms with Crippen LogP contribution in [0.1, 0.15) is 5.69 Å². The van der Waals surface area contributed by atoms with Gasteiger partial charge < -0.3 is 9.47 Å². The zero-order chi connectivity index (χ0) is 13.1. The molecule has 1 heterocycles. The summed E-state index contributed by atoms with van der Waals surface area (Å²) in [6.07, 6.45) is 0. The molecule has 1 aromatic heterocycles. The number of rotatable bonds is 3. The lowest BCUT2D eigenvalue weighted by Gasteiger charge is -2.09. The summed E-state index contributed by atoms with van der Waals surface area (Å²) in [6.45, 7) is 1.87. The molecule has 94 valence electrons. The number of hydrogen-bond donors (Lipinski definition) is 0. The number of hydrogen-bond acceptors (Lipinski definition) is 4. The molecule has 0 amide bonds. The number of ether oxygens (including phenoxy) is 2. The molecule has 2 rings (SSSR count). The van der Waals surface area contributed by atoms with E-state index in [9.17, 15) is 0 Å². The molecule has 18 heavy (non-hydrogen) atoms. The first kappa shape index (κ1) is 12.6. The minimum atomic E-state index is 0.423. The summed E-state index contributed by atoms with van der Waals surface area (Å²) >= 11 is 5.93. The second kappa shape index (κ2) is 5.23. The molecule has 5 heteroatoms. The van der Waals surface area contributed by atoms with Gasteiger partial charge in [-0.15, -0.1) is 0 Å². The third-order valence-corrected chi connectivity index (χ3v) is 2.66. The van der Waals surface area contributed by atoms with Gasteiger partial charge in [-0.1, -0.05) is 11.6 Å². The molecule has 0 saturated heterocycles. The van der Waals surface area contributed by atoms with Crippen molar-refractivity contribution in [3.8, 4) is 22.9 Å². The van der Waals surface area contributed by atoms with Gasteiger partial charge in [-0.3, -0.25) is 0 Å². The van der Waals surface area contributed by atoms with E-state index in [-0.39, 0.29) is 0 Å². The third kappa shape index (κ3) is 2.54. The van der Waals surface area contributed by atoms with Gasteiger partial charge in [0.25, 0.3) is 0 Å². The predicted octanol–water partition coefficient (Wildman–Crippen LogP) is 3.12. The van der Waals surface area contributed by atoms with Crippen LogP contribution in [-0.4, -0.2) is 24.2 Å². The maximum atomic E-state index is 5.93. The van der Waals surface area contributed by atoms with Crippen molar-refractivity contribution in [1.29, 1.82) is 0 Å². The van der Waals surface area contributed by atoms with Crippen LogP contribution in [0.5, 0.6) is 11.5 Å². The summed E-state index contributed by atoms with van der Waals surface area (Å²) in [5.74, 6) is 1.87. The fourth-order valence-corrected chi connectivity index (χ4v) is 1.87. The van der Waals surface area contributed by atoms with Crippen LogP contribution in [-0.2, 0) is 0 Å². The average molecular weight is 265 g/mol. The number of nitrogens with zero attached hydrogens (tertiary/aromatic N) is 2. The number of halogens is 1. The van der Waals surface area contributed by atoms with Crippen LogP contribution in [0.15, 0.2) is 24.3 Å². The van der Waals surface area contributed by atoms with Gasteiger partial charge in [-0.2, -0.15) is 0 Å². The molecule has 0 bridgehead atoms. The molecule has 0 aliphatic rings. The van der Waals surface area contributed by atoms with E-state index in [1.54, 1.807) is 20.3 Å². The number of benzene rings is 1. The zero-order valence-corrected chi connectivity index (χ0v) is 11.2. The van der Waals surface area contributed by atoms with Crippen LogP contribution in [0.2, 0.25) is 5.15 Å². The van der Waals surface area contributed by atoms with Gasteiger partial charge in [0.15, 0.2) is 17.3 Å². The molecule has 0 atom stereocenters. The van der Waals surface area contributed by atoms with Crippen molar-refractivity contribution < 1.29 is 9.47 Å². The summed E-state index contributed by atoms with van der Waals surface area (Å²) in [6, 6.07) is 7.22. The minimum absolute atomic E-state index is 0.423. The van der Waals surface area contributed by atoms with Crippen LogP contribution in [0.25, 0.3) is 11.4 Å². The molecule has 1 aromatic carbocycles. The van der Waals surface area contributed by atoms with Crippen LogP contribution in [0.4, 0.5) is 0 Å². The normalized spacial score (nSPS) is 10.2. The Kier molecular flexibility index (Phi) is 3.67. The van der Waals surface area contributed by atoms with E-state index in [1.807, 2.05) is 25.1 Å².